The molecule has 24 heavy (non-hydrogen) atoms. The first-order valence-electron chi connectivity index (χ1n) is 7.43. The van der Waals surface area contributed by atoms with E-state index in [1.165, 1.54) is 0 Å². The number of carbonyl (C=O) groups is 2. The van der Waals surface area contributed by atoms with E-state index in [9.17, 15) is 9.59 Å². The van der Waals surface area contributed by atoms with E-state index in [0.29, 0.717) is 12.3 Å². The molecule has 0 heterocycles. The average Bonchev–Trinajstić information content (AvgIpc) is 2.49. The number of hydrogen-bond donors (Lipinski definition) is 2. The lowest BCUT2D eigenvalue weighted by Gasteiger charge is -2.19. The highest BCUT2D eigenvalue weighted by molar-refractivity contribution is 5.92. The summed E-state index contributed by atoms with van der Waals surface area (Å²) in [7, 11) is 0. The molecule has 0 aromatic heterocycles. The third-order valence-electron chi connectivity index (χ3n) is 2.45. The third-order valence-corrected chi connectivity index (χ3v) is 2.45. The van der Waals surface area contributed by atoms with Crippen LogP contribution >= 0.6 is 0 Å². The van der Waals surface area contributed by atoms with Gasteiger partial charge in [0.2, 0.25) is 0 Å². The van der Waals surface area contributed by atoms with Crippen molar-refractivity contribution >= 4 is 23.9 Å². The maximum Gasteiger partial charge on any atom is 0.325 e. The Morgan fingerprint density at radius 2 is 1.92 bits per heavy atom. The number of hydrogen-bond acceptors (Lipinski definition) is 5. The molecule has 0 aliphatic carbocycles. The molecule has 2 N–H and O–H groups in total. The molecule has 0 aliphatic rings. The lowest BCUT2D eigenvalue weighted by Crippen LogP contribution is -2.36. The Kier molecular flexibility index (Phi) is 7.48. The van der Waals surface area contributed by atoms with Crippen LogP contribution in [0.5, 0.6) is 0 Å². The Labute approximate surface area is 141 Å². The van der Waals surface area contributed by atoms with Crippen molar-refractivity contribution in [3.8, 4) is 0 Å². The van der Waals surface area contributed by atoms with Crippen LogP contribution in [0.1, 0.15) is 26.3 Å². The number of rotatable bonds is 7. The number of nitrogens with one attached hydrogen (secondary N) is 2. The van der Waals surface area contributed by atoms with Crippen LogP contribution in [0.4, 0.5) is 10.5 Å². The molecule has 0 spiro atoms. The molecule has 0 saturated heterocycles. The minimum absolute atomic E-state index is 0.200. The van der Waals surface area contributed by atoms with Crippen molar-refractivity contribution in [1.82, 2.24) is 5.32 Å². The molecule has 0 unspecified atom stereocenters. The molecular weight excluding hydrogens is 310 g/mol. The fourth-order valence-electron chi connectivity index (χ4n) is 1.55. The van der Waals surface area contributed by atoms with E-state index in [1.54, 1.807) is 57.3 Å². The molecule has 0 bridgehead atoms. The highest BCUT2D eigenvalue weighted by atomic mass is 16.6. The second-order valence-corrected chi connectivity index (χ2v) is 5.84. The van der Waals surface area contributed by atoms with E-state index >= 15 is 0 Å². The second kappa shape index (κ2) is 9.34. The highest BCUT2D eigenvalue weighted by Crippen LogP contribution is 2.08. The second-order valence-electron chi connectivity index (χ2n) is 5.84. The van der Waals surface area contributed by atoms with Gasteiger partial charge in [0.05, 0.1) is 6.21 Å². The average molecular weight is 333 g/mol. The monoisotopic (exact) mass is 333 g/mol. The maximum absolute atomic E-state index is 11.7. The van der Waals surface area contributed by atoms with Crippen LogP contribution in [0.25, 0.3) is 0 Å². The van der Waals surface area contributed by atoms with Gasteiger partial charge in [0, 0.05) is 5.69 Å². The van der Waals surface area contributed by atoms with Gasteiger partial charge in [0.1, 0.15) is 18.8 Å². The molecule has 7 nitrogen and oxygen atoms in total. The van der Waals surface area contributed by atoms with E-state index in [2.05, 4.69) is 22.4 Å². The summed E-state index contributed by atoms with van der Waals surface area (Å²) in [4.78, 5) is 28.1. The SMILES string of the molecule is C=CCON=Cc1ccc(NC(=O)NCC(=O)OC(C)(C)C)cc1. The molecule has 0 atom stereocenters. The summed E-state index contributed by atoms with van der Waals surface area (Å²) >= 11 is 0. The smallest absolute Gasteiger partial charge is 0.325 e. The molecule has 0 saturated carbocycles. The van der Waals surface area contributed by atoms with Crippen LogP contribution < -0.4 is 10.6 Å². The first-order valence-corrected chi connectivity index (χ1v) is 7.43. The summed E-state index contributed by atoms with van der Waals surface area (Å²) in [5.41, 5.74) is 0.821. The number of amides is 2. The number of nitrogens with zero attached hydrogens (tertiary/aromatic N) is 1. The van der Waals surface area contributed by atoms with Crippen molar-refractivity contribution in [2.45, 2.75) is 26.4 Å². The van der Waals surface area contributed by atoms with Gasteiger partial charge in [-0.1, -0.05) is 29.9 Å². The van der Waals surface area contributed by atoms with Crippen LogP contribution in [0.2, 0.25) is 0 Å². The van der Waals surface area contributed by atoms with Crippen LogP contribution in [0, 0.1) is 0 Å². The fraction of sp³-hybridized carbons (Fsp3) is 0.353. The zero-order valence-electron chi connectivity index (χ0n) is 14.2. The normalized spacial score (nSPS) is 11.0. The molecule has 0 fully saturated rings. The zero-order chi connectivity index (χ0) is 18.0. The minimum atomic E-state index is -0.581. The van der Waals surface area contributed by atoms with Crippen molar-refractivity contribution in [2.24, 2.45) is 5.16 Å². The highest BCUT2D eigenvalue weighted by Gasteiger charge is 2.16. The van der Waals surface area contributed by atoms with Gasteiger partial charge in [-0.25, -0.2) is 4.79 Å². The molecule has 1 aromatic carbocycles. The maximum atomic E-state index is 11.7. The number of carbonyl (C=O) groups excluding carboxylic acids is 2. The van der Waals surface area contributed by atoms with E-state index in [-0.39, 0.29) is 6.54 Å². The summed E-state index contributed by atoms with van der Waals surface area (Å²) in [6, 6.07) is 6.47. The number of ether oxygens (including phenoxy) is 1. The standard InChI is InChI=1S/C17H23N3O4/c1-5-10-23-19-11-13-6-8-14(9-7-13)20-16(22)18-12-15(21)24-17(2,3)4/h5-9,11H,1,10,12H2,2-4H3,(H2,18,20,22). The number of benzene rings is 1. The van der Waals surface area contributed by atoms with Crippen LogP contribution in [0.3, 0.4) is 0 Å². The molecule has 1 rings (SSSR count). The van der Waals surface area contributed by atoms with Crippen molar-refractivity contribution in [3.63, 3.8) is 0 Å². The van der Waals surface area contributed by atoms with Gasteiger partial charge in [-0.3, -0.25) is 4.79 Å². The first-order chi connectivity index (χ1) is 11.3. The Balaban J connectivity index is 2.40. The van der Waals surface area contributed by atoms with Crippen LogP contribution in [0.15, 0.2) is 42.1 Å². The zero-order valence-corrected chi connectivity index (χ0v) is 14.2. The Hall–Kier alpha value is -2.83. The minimum Gasteiger partial charge on any atom is -0.459 e. The Bertz CT molecular complexity index is 589. The number of oxime groups is 1. The number of anilines is 1. The van der Waals surface area contributed by atoms with Gasteiger partial charge in [-0.15, -0.1) is 0 Å². The summed E-state index contributed by atoms with van der Waals surface area (Å²) in [5.74, 6) is -0.497. The van der Waals surface area contributed by atoms with Gasteiger partial charge in [-0.2, -0.15) is 0 Å². The van der Waals surface area contributed by atoms with Crippen LogP contribution in [-0.4, -0.2) is 37.0 Å². The summed E-state index contributed by atoms with van der Waals surface area (Å²) < 4.78 is 5.09. The van der Waals surface area contributed by atoms with Gasteiger partial charge in [-0.05, 0) is 38.5 Å². The predicted octanol–water partition coefficient (Wildman–Crippen LogP) is 2.69. The van der Waals surface area contributed by atoms with Crippen molar-refractivity contribution in [3.05, 3.63) is 42.5 Å². The van der Waals surface area contributed by atoms with E-state index in [4.69, 9.17) is 9.57 Å². The predicted molar refractivity (Wildman–Crippen MR) is 93.1 cm³/mol. The topological polar surface area (TPSA) is 89.0 Å². The molecule has 2 amide bonds. The van der Waals surface area contributed by atoms with Crippen molar-refractivity contribution in [2.75, 3.05) is 18.5 Å². The quantitative estimate of drug-likeness (QED) is 0.264. The van der Waals surface area contributed by atoms with E-state index in [0.717, 1.165) is 5.56 Å². The lowest BCUT2D eigenvalue weighted by atomic mass is 10.2. The summed E-state index contributed by atoms with van der Waals surface area (Å²) in [6.07, 6.45) is 3.15. The van der Waals surface area contributed by atoms with Crippen LogP contribution in [-0.2, 0) is 14.4 Å². The summed E-state index contributed by atoms with van der Waals surface area (Å²) in [6.45, 7) is 8.94. The first kappa shape index (κ1) is 19.2. The third kappa shape index (κ3) is 8.57. The van der Waals surface area contributed by atoms with Gasteiger partial charge < -0.3 is 20.2 Å². The van der Waals surface area contributed by atoms with Gasteiger partial charge in [0.15, 0.2) is 0 Å². The number of esters is 1. The molecule has 1 aromatic rings. The number of urea groups is 1. The molecule has 130 valence electrons. The fourth-order valence-corrected chi connectivity index (χ4v) is 1.55. The van der Waals surface area contributed by atoms with E-state index in [1.807, 2.05) is 0 Å². The largest absolute Gasteiger partial charge is 0.459 e. The van der Waals surface area contributed by atoms with Crippen molar-refractivity contribution < 1.29 is 19.2 Å². The molecule has 7 heteroatoms. The molecule has 0 aliphatic heterocycles. The molecule has 0 radical (unpaired) electrons. The Morgan fingerprint density at radius 3 is 2.50 bits per heavy atom. The summed E-state index contributed by atoms with van der Waals surface area (Å²) in [5, 5.41) is 8.81. The van der Waals surface area contributed by atoms with Gasteiger partial charge >= 0.3 is 12.0 Å². The lowest BCUT2D eigenvalue weighted by molar-refractivity contribution is -0.153. The molecular formula is C17H23N3O4. The Morgan fingerprint density at radius 1 is 1.25 bits per heavy atom. The van der Waals surface area contributed by atoms with E-state index < -0.39 is 17.6 Å². The van der Waals surface area contributed by atoms with Gasteiger partial charge in [0.25, 0.3) is 0 Å². The van der Waals surface area contributed by atoms with Crippen molar-refractivity contribution in [1.29, 1.82) is 0 Å².